The lowest BCUT2D eigenvalue weighted by Gasteiger charge is -2.17. The van der Waals surface area contributed by atoms with Crippen molar-refractivity contribution in [2.45, 2.75) is 34.2 Å². The molecule has 0 saturated carbocycles. The lowest BCUT2D eigenvalue weighted by molar-refractivity contribution is 0.0599. The van der Waals surface area contributed by atoms with Gasteiger partial charge >= 0.3 is 5.97 Å². The highest BCUT2D eigenvalue weighted by Gasteiger charge is 2.17. The van der Waals surface area contributed by atoms with E-state index in [0.717, 1.165) is 22.3 Å². The van der Waals surface area contributed by atoms with E-state index in [1.54, 1.807) is 0 Å². The topological polar surface area (TPSA) is 89.2 Å². The fourth-order valence-electron chi connectivity index (χ4n) is 3.24. The van der Waals surface area contributed by atoms with Gasteiger partial charge in [0.25, 0.3) is 5.56 Å². The molecule has 134 valence electrons. The van der Waals surface area contributed by atoms with Gasteiger partial charge in [-0.1, -0.05) is 6.07 Å². The smallest absolute Gasteiger partial charge is 0.339 e. The van der Waals surface area contributed by atoms with Gasteiger partial charge in [-0.25, -0.2) is 4.79 Å². The molecule has 1 heterocycles. The van der Waals surface area contributed by atoms with E-state index < -0.39 is 11.5 Å². The Morgan fingerprint density at radius 2 is 1.85 bits per heavy atom. The number of nitriles is 1. The first kappa shape index (κ1) is 19.1. The zero-order chi connectivity index (χ0) is 19.6. The SMILES string of the molecule is COC(=O)c1cc(C#N)c(=O)n(Cc2c(C)cc(C)c(C(C)=O)c2C)c1. The predicted octanol–water partition coefficient (Wildman–Crippen LogP) is 2.68. The van der Waals surface area contributed by atoms with Crippen LogP contribution in [0.3, 0.4) is 0 Å². The Hall–Kier alpha value is -3.20. The van der Waals surface area contributed by atoms with E-state index in [1.165, 1.54) is 30.9 Å². The van der Waals surface area contributed by atoms with E-state index in [1.807, 2.05) is 32.9 Å². The highest BCUT2D eigenvalue weighted by atomic mass is 16.5. The van der Waals surface area contributed by atoms with E-state index in [4.69, 9.17) is 0 Å². The Balaban J connectivity index is 2.68. The largest absolute Gasteiger partial charge is 0.465 e. The van der Waals surface area contributed by atoms with E-state index in [-0.39, 0.29) is 23.5 Å². The fourth-order valence-corrected chi connectivity index (χ4v) is 3.24. The van der Waals surface area contributed by atoms with Crippen molar-refractivity contribution in [3.05, 3.63) is 67.6 Å². The van der Waals surface area contributed by atoms with E-state index in [2.05, 4.69) is 4.74 Å². The standard InChI is InChI=1S/C20H20N2O4/c1-11-6-12(2)18(14(4)23)13(3)17(11)10-22-9-16(20(25)26-5)7-15(8-21)19(22)24/h6-7,9H,10H2,1-5H3. The van der Waals surface area contributed by atoms with Crippen LogP contribution in [-0.2, 0) is 11.3 Å². The van der Waals surface area contributed by atoms with Crippen LogP contribution in [0.5, 0.6) is 0 Å². The number of esters is 1. The van der Waals surface area contributed by atoms with Gasteiger partial charge in [-0.3, -0.25) is 9.59 Å². The minimum absolute atomic E-state index is 0.0466. The molecular weight excluding hydrogens is 332 g/mol. The van der Waals surface area contributed by atoms with E-state index in [9.17, 15) is 19.6 Å². The highest BCUT2D eigenvalue weighted by Crippen LogP contribution is 2.23. The van der Waals surface area contributed by atoms with Crippen LogP contribution >= 0.6 is 0 Å². The number of rotatable bonds is 4. The highest BCUT2D eigenvalue weighted by molar-refractivity contribution is 5.97. The summed E-state index contributed by atoms with van der Waals surface area (Å²) in [5.41, 5.74) is 3.54. The zero-order valence-corrected chi connectivity index (χ0v) is 15.5. The maximum Gasteiger partial charge on any atom is 0.339 e. The zero-order valence-electron chi connectivity index (χ0n) is 15.5. The van der Waals surface area contributed by atoms with Crippen molar-refractivity contribution in [3.63, 3.8) is 0 Å². The number of ketones is 1. The number of carbonyl (C=O) groups excluding carboxylic acids is 2. The van der Waals surface area contributed by atoms with Crippen molar-refractivity contribution in [1.29, 1.82) is 5.26 Å². The van der Waals surface area contributed by atoms with E-state index in [0.29, 0.717) is 5.56 Å². The number of Topliss-reactive ketones (excluding diaryl/α,β-unsaturated/α-hetero) is 1. The normalized spacial score (nSPS) is 10.3. The third-order valence-corrected chi connectivity index (χ3v) is 4.44. The molecule has 6 nitrogen and oxygen atoms in total. The average Bonchev–Trinajstić information content (AvgIpc) is 2.58. The first-order chi connectivity index (χ1) is 12.2. The van der Waals surface area contributed by atoms with Crippen molar-refractivity contribution in [2.24, 2.45) is 0 Å². The summed E-state index contributed by atoms with van der Waals surface area (Å²) in [6.45, 7) is 7.27. The number of benzene rings is 1. The second-order valence-electron chi connectivity index (χ2n) is 6.22. The van der Waals surface area contributed by atoms with Gasteiger partial charge in [-0.05, 0) is 56.0 Å². The number of pyridine rings is 1. The Morgan fingerprint density at radius 3 is 2.38 bits per heavy atom. The second-order valence-corrected chi connectivity index (χ2v) is 6.22. The van der Waals surface area contributed by atoms with Crippen LogP contribution in [0.1, 0.15) is 55.5 Å². The molecule has 0 aliphatic heterocycles. The van der Waals surface area contributed by atoms with E-state index >= 15 is 0 Å². The van der Waals surface area contributed by atoms with Crippen molar-refractivity contribution < 1.29 is 14.3 Å². The average molecular weight is 352 g/mol. The van der Waals surface area contributed by atoms with Gasteiger partial charge in [0, 0.05) is 11.8 Å². The van der Waals surface area contributed by atoms with Gasteiger partial charge in [0.2, 0.25) is 0 Å². The number of methoxy groups -OCH3 is 1. The number of carbonyl (C=O) groups is 2. The molecule has 0 aliphatic carbocycles. The third-order valence-electron chi connectivity index (χ3n) is 4.44. The Morgan fingerprint density at radius 1 is 1.19 bits per heavy atom. The van der Waals surface area contributed by atoms with Crippen LogP contribution in [0.15, 0.2) is 23.1 Å². The van der Waals surface area contributed by atoms with Crippen molar-refractivity contribution in [3.8, 4) is 6.07 Å². The number of aromatic nitrogens is 1. The molecule has 0 fully saturated rings. The number of hydrogen-bond donors (Lipinski definition) is 0. The molecule has 0 bridgehead atoms. The van der Waals surface area contributed by atoms with Gasteiger partial charge in [0.05, 0.1) is 19.2 Å². The molecule has 1 aromatic carbocycles. The quantitative estimate of drug-likeness (QED) is 0.623. The summed E-state index contributed by atoms with van der Waals surface area (Å²) in [7, 11) is 1.23. The van der Waals surface area contributed by atoms with Crippen LogP contribution in [-0.4, -0.2) is 23.4 Å². The van der Waals surface area contributed by atoms with Crippen LogP contribution < -0.4 is 5.56 Å². The van der Waals surface area contributed by atoms with Gasteiger partial charge < -0.3 is 9.30 Å². The predicted molar refractivity (Wildman–Crippen MR) is 96.5 cm³/mol. The lowest BCUT2D eigenvalue weighted by atomic mass is 9.91. The van der Waals surface area contributed by atoms with Crippen molar-refractivity contribution in [2.75, 3.05) is 7.11 Å². The molecule has 2 rings (SSSR count). The summed E-state index contributed by atoms with van der Waals surface area (Å²) in [4.78, 5) is 36.3. The Bertz CT molecular complexity index is 1010. The van der Waals surface area contributed by atoms with Crippen LogP contribution in [0.4, 0.5) is 0 Å². The minimum atomic E-state index is -0.628. The first-order valence-electron chi connectivity index (χ1n) is 8.04. The third kappa shape index (κ3) is 3.42. The number of nitrogens with zero attached hydrogens (tertiary/aromatic N) is 2. The molecule has 0 aliphatic rings. The van der Waals surface area contributed by atoms with Gasteiger partial charge in [-0.15, -0.1) is 0 Å². The van der Waals surface area contributed by atoms with Crippen molar-refractivity contribution >= 4 is 11.8 Å². The summed E-state index contributed by atoms with van der Waals surface area (Å²) < 4.78 is 5.99. The maximum absolute atomic E-state index is 12.5. The molecular formula is C20H20N2O4. The Labute approximate surface area is 151 Å². The molecule has 2 aromatic rings. The van der Waals surface area contributed by atoms with Crippen LogP contribution in [0, 0.1) is 32.1 Å². The summed E-state index contributed by atoms with van der Waals surface area (Å²) >= 11 is 0. The Kier molecular flexibility index (Phi) is 5.41. The van der Waals surface area contributed by atoms with Crippen LogP contribution in [0.2, 0.25) is 0 Å². The number of hydrogen-bond acceptors (Lipinski definition) is 5. The first-order valence-corrected chi connectivity index (χ1v) is 8.04. The summed E-state index contributed by atoms with van der Waals surface area (Å²) in [5.74, 6) is -0.674. The second kappa shape index (κ2) is 7.36. The van der Waals surface area contributed by atoms with Crippen molar-refractivity contribution in [1.82, 2.24) is 4.57 Å². The minimum Gasteiger partial charge on any atom is -0.465 e. The molecule has 0 spiro atoms. The van der Waals surface area contributed by atoms with Gasteiger partial charge in [-0.2, -0.15) is 5.26 Å². The number of aryl methyl sites for hydroxylation is 2. The summed E-state index contributed by atoms with van der Waals surface area (Å²) in [6, 6.07) is 4.94. The fraction of sp³-hybridized carbons (Fsp3) is 0.300. The lowest BCUT2D eigenvalue weighted by Crippen LogP contribution is -2.25. The number of ether oxygens (including phenoxy) is 1. The molecule has 0 unspecified atom stereocenters. The maximum atomic E-state index is 12.5. The molecule has 0 atom stereocenters. The van der Waals surface area contributed by atoms with Gasteiger partial charge in [0.15, 0.2) is 5.78 Å². The van der Waals surface area contributed by atoms with Gasteiger partial charge in [0.1, 0.15) is 11.6 Å². The monoisotopic (exact) mass is 352 g/mol. The summed E-state index contributed by atoms with van der Waals surface area (Å²) in [5, 5.41) is 9.19. The molecule has 0 N–H and O–H groups in total. The molecule has 6 heteroatoms. The molecule has 26 heavy (non-hydrogen) atoms. The molecule has 1 aromatic heterocycles. The molecule has 0 radical (unpaired) electrons. The molecule has 0 amide bonds. The summed E-state index contributed by atoms with van der Waals surface area (Å²) in [6.07, 6.45) is 1.38. The van der Waals surface area contributed by atoms with Crippen LogP contribution in [0.25, 0.3) is 0 Å². The molecule has 0 saturated heterocycles.